The third-order valence-electron chi connectivity index (χ3n) is 10.3. The van der Waals surface area contributed by atoms with Crippen LogP contribution in [0.3, 0.4) is 0 Å². The Morgan fingerprint density at radius 2 is 0.962 bits per heavy atom. The number of rotatable bonds is 5. The number of nitrogens with zero attached hydrogens (tertiary/aromatic N) is 1. The third-order valence-corrected chi connectivity index (χ3v) is 12.6. The van der Waals surface area contributed by atoms with Crippen molar-refractivity contribution in [3.8, 4) is 22.3 Å². The summed E-state index contributed by atoms with van der Waals surface area (Å²) in [4.78, 5) is 2.35. The fourth-order valence-corrected chi connectivity index (χ4v) is 10.2. The van der Waals surface area contributed by atoms with E-state index >= 15 is 0 Å². The summed E-state index contributed by atoms with van der Waals surface area (Å²) in [6.45, 7) is 0. The molecule has 3 heterocycles. The van der Waals surface area contributed by atoms with Crippen LogP contribution in [0.2, 0.25) is 0 Å². The molecule has 244 valence electrons. The van der Waals surface area contributed by atoms with Crippen molar-refractivity contribution in [3.63, 3.8) is 0 Å². The lowest BCUT2D eigenvalue weighted by atomic mass is 10.0. The molecule has 0 saturated carbocycles. The average Bonchev–Trinajstić information content (AvgIpc) is 3.89. The van der Waals surface area contributed by atoms with Crippen LogP contribution in [-0.4, -0.2) is 0 Å². The van der Waals surface area contributed by atoms with E-state index in [4.69, 9.17) is 4.42 Å². The Kier molecular flexibility index (Phi) is 6.63. The van der Waals surface area contributed by atoms with Crippen LogP contribution in [0.15, 0.2) is 180 Å². The van der Waals surface area contributed by atoms with E-state index in [1.54, 1.807) is 0 Å². The van der Waals surface area contributed by atoms with Crippen molar-refractivity contribution in [2.45, 2.75) is 0 Å². The lowest BCUT2D eigenvalue weighted by Crippen LogP contribution is -2.10. The highest BCUT2D eigenvalue weighted by molar-refractivity contribution is 7.26. The predicted octanol–water partition coefficient (Wildman–Crippen LogP) is 15.1. The maximum atomic E-state index is 6.39. The standard InChI is InChI=1S/C48H29NOS2/c1-4-16-43-37(11-1)38-26-24-35(29-44(38)50-43)49(33-22-19-30(20-23-33)31-21-25-41-39-12-2-5-17-45(39)51-47(41)28-31)34-10-7-9-32(27-34)36-14-8-15-42-40-13-3-6-18-46(40)52-48(36)42/h1-29H. The maximum Gasteiger partial charge on any atom is 0.137 e. The molecular weight excluding hydrogens is 671 g/mol. The minimum Gasteiger partial charge on any atom is -0.456 e. The molecule has 8 aromatic carbocycles. The van der Waals surface area contributed by atoms with Crippen molar-refractivity contribution in [2.24, 2.45) is 0 Å². The van der Waals surface area contributed by atoms with Crippen molar-refractivity contribution in [1.29, 1.82) is 0 Å². The number of thiophene rings is 2. The third kappa shape index (κ3) is 4.69. The van der Waals surface area contributed by atoms with Gasteiger partial charge in [-0.05, 0) is 82.9 Å². The Hall–Kier alpha value is -6.20. The Bertz CT molecular complexity index is 3150. The van der Waals surface area contributed by atoms with Crippen LogP contribution in [0.4, 0.5) is 17.1 Å². The van der Waals surface area contributed by atoms with Crippen LogP contribution in [-0.2, 0) is 0 Å². The summed E-state index contributed by atoms with van der Waals surface area (Å²) in [5.74, 6) is 0. The first-order valence-electron chi connectivity index (χ1n) is 17.5. The summed E-state index contributed by atoms with van der Waals surface area (Å²) in [5.41, 5.74) is 9.86. The molecule has 11 rings (SSSR count). The molecule has 0 aliphatic heterocycles. The molecule has 0 amide bonds. The molecule has 0 aliphatic carbocycles. The quantitative estimate of drug-likeness (QED) is 0.178. The van der Waals surface area contributed by atoms with Gasteiger partial charge in [0.05, 0.1) is 0 Å². The Morgan fingerprint density at radius 1 is 0.346 bits per heavy atom. The normalized spacial score (nSPS) is 11.8. The van der Waals surface area contributed by atoms with Gasteiger partial charge in [-0.15, -0.1) is 22.7 Å². The number of furan rings is 1. The second-order valence-corrected chi connectivity index (χ2v) is 15.4. The van der Waals surface area contributed by atoms with Crippen LogP contribution in [0.5, 0.6) is 0 Å². The van der Waals surface area contributed by atoms with Crippen LogP contribution in [0.25, 0.3) is 84.5 Å². The Labute approximate surface area is 308 Å². The first kappa shape index (κ1) is 29.5. The molecule has 0 unspecified atom stereocenters. The van der Waals surface area contributed by atoms with Gasteiger partial charge in [-0.25, -0.2) is 0 Å². The minimum atomic E-state index is 0.878. The number of anilines is 3. The highest BCUT2D eigenvalue weighted by atomic mass is 32.1. The van der Waals surface area contributed by atoms with E-state index in [0.717, 1.165) is 39.0 Å². The number of hydrogen-bond donors (Lipinski definition) is 0. The molecule has 0 saturated heterocycles. The lowest BCUT2D eigenvalue weighted by Gasteiger charge is -2.26. The van der Waals surface area contributed by atoms with Gasteiger partial charge in [0.2, 0.25) is 0 Å². The van der Waals surface area contributed by atoms with Crippen LogP contribution in [0.1, 0.15) is 0 Å². The van der Waals surface area contributed by atoms with Crippen LogP contribution >= 0.6 is 22.7 Å². The zero-order valence-electron chi connectivity index (χ0n) is 27.9. The molecular formula is C48H29NOS2. The van der Waals surface area contributed by atoms with Gasteiger partial charge in [-0.1, -0.05) is 109 Å². The first-order chi connectivity index (χ1) is 25.7. The van der Waals surface area contributed by atoms with E-state index in [1.165, 1.54) is 62.6 Å². The molecule has 0 radical (unpaired) electrons. The topological polar surface area (TPSA) is 16.4 Å². The van der Waals surface area contributed by atoms with Gasteiger partial charge in [-0.3, -0.25) is 0 Å². The predicted molar refractivity (Wildman–Crippen MR) is 225 cm³/mol. The second-order valence-electron chi connectivity index (χ2n) is 13.3. The second kappa shape index (κ2) is 11.7. The smallest absolute Gasteiger partial charge is 0.137 e. The Morgan fingerprint density at radius 3 is 1.83 bits per heavy atom. The molecule has 4 heteroatoms. The van der Waals surface area contributed by atoms with Gasteiger partial charge >= 0.3 is 0 Å². The molecule has 0 bridgehead atoms. The molecule has 52 heavy (non-hydrogen) atoms. The molecule has 11 aromatic rings. The number of hydrogen-bond acceptors (Lipinski definition) is 4. The van der Waals surface area contributed by atoms with E-state index < -0.39 is 0 Å². The zero-order chi connectivity index (χ0) is 34.2. The zero-order valence-corrected chi connectivity index (χ0v) is 29.5. The van der Waals surface area contributed by atoms with Crippen LogP contribution < -0.4 is 4.90 Å². The highest BCUT2D eigenvalue weighted by Crippen LogP contribution is 2.44. The summed E-state index contributed by atoms with van der Waals surface area (Å²) in [5, 5.41) is 7.52. The van der Waals surface area contributed by atoms with Crippen molar-refractivity contribution in [2.75, 3.05) is 4.90 Å². The van der Waals surface area contributed by atoms with Gasteiger partial charge in [0.1, 0.15) is 11.2 Å². The summed E-state index contributed by atoms with van der Waals surface area (Å²) in [6.07, 6.45) is 0. The average molecular weight is 700 g/mol. The van der Waals surface area contributed by atoms with Gasteiger partial charge in [-0.2, -0.15) is 0 Å². The first-order valence-corrected chi connectivity index (χ1v) is 19.1. The van der Waals surface area contributed by atoms with Gasteiger partial charge < -0.3 is 9.32 Å². The van der Waals surface area contributed by atoms with Gasteiger partial charge in [0, 0.05) is 74.2 Å². The SMILES string of the molecule is c1cc(-c2cccc3c2sc2ccccc23)cc(N(c2ccc(-c3ccc4c(c3)sc3ccccc34)cc2)c2ccc3c(c2)oc2ccccc23)c1. The van der Waals surface area contributed by atoms with Gasteiger partial charge in [0.15, 0.2) is 0 Å². The Balaban J connectivity index is 1.05. The van der Waals surface area contributed by atoms with Crippen LogP contribution in [0, 0.1) is 0 Å². The highest BCUT2D eigenvalue weighted by Gasteiger charge is 2.18. The van der Waals surface area contributed by atoms with Crippen molar-refractivity contribution < 1.29 is 4.42 Å². The minimum absolute atomic E-state index is 0.878. The number of fused-ring (bicyclic) bond motifs is 9. The largest absolute Gasteiger partial charge is 0.456 e. The molecule has 0 N–H and O–H groups in total. The monoisotopic (exact) mass is 699 g/mol. The number of para-hydroxylation sites is 1. The summed E-state index contributed by atoms with van der Waals surface area (Å²) in [6, 6.07) is 63.7. The van der Waals surface area contributed by atoms with E-state index in [2.05, 4.69) is 169 Å². The molecule has 0 fully saturated rings. The fourth-order valence-electron chi connectivity index (χ4n) is 7.80. The van der Waals surface area contributed by atoms with E-state index in [0.29, 0.717) is 0 Å². The lowest BCUT2D eigenvalue weighted by molar-refractivity contribution is 0.669. The summed E-state index contributed by atoms with van der Waals surface area (Å²) in [7, 11) is 0. The molecule has 2 nitrogen and oxygen atoms in total. The molecule has 0 spiro atoms. The van der Waals surface area contributed by atoms with Crippen molar-refractivity contribution in [3.05, 3.63) is 176 Å². The van der Waals surface area contributed by atoms with Gasteiger partial charge in [0.25, 0.3) is 0 Å². The molecule has 0 atom stereocenters. The van der Waals surface area contributed by atoms with Crippen molar-refractivity contribution >= 4 is 102 Å². The molecule has 3 aromatic heterocycles. The maximum absolute atomic E-state index is 6.39. The molecule has 0 aliphatic rings. The fraction of sp³-hybridized carbons (Fsp3) is 0. The van der Waals surface area contributed by atoms with Crippen molar-refractivity contribution in [1.82, 2.24) is 0 Å². The summed E-state index contributed by atoms with van der Waals surface area (Å²) < 4.78 is 11.7. The van der Waals surface area contributed by atoms with E-state index in [1.807, 2.05) is 34.8 Å². The van der Waals surface area contributed by atoms with E-state index in [-0.39, 0.29) is 0 Å². The van der Waals surface area contributed by atoms with E-state index in [9.17, 15) is 0 Å². The number of benzene rings is 8. The summed E-state index contributed by atoms with van der Waals surface area (Å²) >= 11 is 3.73.